The molecule has 4 aromatic carbocycles. The summed E-state index contributed by atoms with van der Waals surface area (Å²) >= 11 is 0. The number of ether oxygens (including phenoxy) is 2. The van der Waals surface area contributed by atoms with Crippen molar-refractivity contribution in [3.8, 4) is 11.5 Å². The molecule has 0 saturated heterocycles. The third kappa shape index (κ3) is 8.13. The van der Waals surface area contributed by atoms with Crippen LogP contribution in [-0.2, 0) is 35.6 Å². The van der Waals surface area contributed by atoms with Crippen LogP contribution in [0.25, 0.3) is 0 Å². The van der Waals surface area contributed by atoms with Crippen molar-refractivity contribution in [3.63, 3.8) is 0 Å². The minimum Gasteiger partial charge on any atom is -0.485 e. The SMILES string of the molecule is NC(=O)[C@H](Cc1ccc(OCc2ccccc2)c(OCc2ccccc2)c1)NC(=O)Cc1ccc(F)cc1F. The van der Waals surface area contributed by atoms with Crippen molar-refractivity contribution in [2.45, 2.75) is 32.1 Å². The number of nitrogens with two attached hydrogens (primary N) is 1. The first kappa shape index (κ1) is 27.3. The predicted molar refractivity (Wildman–Crippen MR) is 143 cm³/mol. The predicted octanol–water partition coefficient (Wildman–Crippen LogP) is 4.88. The molecule has 0 aliphatic carbocycles. The maximum Gasteiger partial charge on any atom is 0.240 e. The molecule has 0 spiro atoms. The van der Waals surface area contributed by atoms with Crippen molar-refractivity contribution in [3.05, 3.63) is 131 Å². The summed E-state index contributed by atoms with van der Waals surface area (Å²) in [6.45, 7) is 0.632. The Bertz CT molecular complexity index is 1420. The van der Waals surface area contributed by atoms with Gasteiger partial charge in [0.2, 0.25) is 11.8 Å². The van der Waals surface area contributed by atoms with Gasteiger partial charge in [-0.25, -0.2) is 8.78 Å². The van der Waals surface area contributed by atoms with E-state index in [2.05, 4.69) is 5.32 Å². The number of halogens is 2. The van der Waals surface area contributed by atoms with E-state index >= 15 is 0 Å². The van der Waals surface area contributed by atoms with Crippen LogP contribution in [0.2, 0.25) is 0 Å². The monoisotopic (exact) mass is 530 g/mol. The number of carbonyl (C=O) groups is 2. The van der Waals surface area contributed by atoms with Gasteiger partial charge in [-0.3, -0.25) is 9.59 Å². The highest BCUT2D eigenvalue weighted by molar-refractivity contribution is 5.87. The summed E-state index contributed by atoms with van der Waals surface area (Å²) in [7, 11) is 0. The normalized spacial score (nSPS) is 11.4. The lowest BCUT2D eigenvalue weighted by Gasteiger charge is -2.18. The van der Waals surface area contributed by atoms with Crippen LogP contribution < -0.4 is 20.5 Å². The standard InChI is InChI=1S/C31H28F2N2O4/c32-25-13-12-24(26(33)18-25)17-30(36)35-27(31(34)37)15-23-11-14-28(38-19-21-7-3-1-4-8-21)29(16-23)39-20-22-9-5-2-6-10-22/h1-14,16,18,27H,15,17,19-20H2,(H2,34,37)(H,35,36)/t27-/m0/s1. The number of benzene rings is 4. The summed E-state index contributed by atoms with van der Waals surface area (Å²) in [4.78, 5) is 24.7. The van der Waals surface area contributed by atoms with E-state index in [0.29, 0.717) is 36.3 Å². The molecule has 2 amide bonds. The minimum atomic E-state index is -1.06. The molecule has 4 rings (SSSR count). The molecule has 8 heteroatoms. The molecule has 0 radical (unpaired) electrons. The van der Waals surface area contributed by atoms with E-state index in [1.54, 1.807) is 18.2 Å². The number of rotatable bonds is 12. The van der Waals surface area contributed by atoms with E-state index in [1.165, 1.54) is 6.07 Å². The third-order valence-corrected chi connectivity index (χ3v) is 5.97. The Kier molecular flexibility index (Phi) is 9.24. The zero-order valence-corrected chi connectivity index (χ0v) is 21.1. The number of nitrogens with one attached hydrogen (secondary N) is 1. The van der Waals surface area contributed by atoms with Crippen LogP contribution in [0.4, 0.5) is 8.78 Å². The van der Waals surface area contributed by atoms with Gasteiger partial charge in [0.05, 0.1) is 6.42 Å². The molecular weight excluding hydrogens is 502 g/mol. The fourth-order valence-electron chi connectivity index (χ4n) is 3.92. The molecule has 0 unspecified atom stereocenters. The van der Waals surface area contributed by atoms with Gasteiger partial charge in [0.15, 0.2) is 11.5 Å². The first-order valence-electron chi connectivity index (χ1n) is 12.4. The van der Waals surface area contributed by atoms with Gasteiger partial charge in [-0.05, 0) is 40.5 Å². The van der Waals surface area contributed by atoms with Crippen LogP contribution in [0.1, 0.15) is 22.3 Å². The van der Waals surface area contributed by atoms with E-state index < -0.39 is 29.5 Å². The second-order valence-corrected chi connectivity index (χ2v) is 8.97. The smallest absolute Gasteiger partial charge is 0.240 e. The Morgan fingerprint density at radius 2 is 1.36 bits per heavy atom. The average molecular weight is 531 g/mol. The van der Waals surface area contributed by atoms with Crippen LogP contribution >= 0.6 is 0 Å². The zero-order chi connectivity index (χ0) is 27.6. The Hall–Kier alpha value is -4.72. The molecule has 0 fully saturated rings. The molecule has 0 aliphatic rings. The van der Waals surface area contributed by atoms with Gasteiger partial charge in [-0.2, -0.15) is 0 Å². The highest BCUT2D eigenvalue weighted by atomic mass is 19.1. The lowest BCUT2D eigenvalue weighted by molar-refractivity contribution is -0.127. The molecule has 200 valence electrons. The molecule has 39 heavy (non-hydrogen) atoms. The van der Waals surface area contributed by atoms with E-state index in [0.717, 1.165) is 17.2 Å². The maximum absolute atomic E-state index is 14.0. The molecule has 0 aromatic heterocycles. The van der Waals surface area contributed by atoms with Gasteiger partial charge in [-0.1, -0.05) is 72.8 Å². The van der Waals surface area contributed by atoms with Gasteiger partial charge >= 0.3 is 0 Å². The second kappa shape index (κ2) is 13.2. The molecule has 1 atom stereocenters. The molecule has 0 saturated carbocycles. The summed E-state index contributed by atoms with van der Waals surface area (Å²) < 4.78 is 39.2. The zero-order valence-electron chi connectivity index (χ0n) is 21.1. The third-order valence-electron chi connectivity index (χ3n) is 5.97. The van der Waals surface area contributed by atoms with Crippen LogP contribution in [0, 0.1) is 11.6 Å². The maximum atomic E-state index is 14.0. The van der Waals surface area contributed by atoms with E-state index in [9.17, 15) is 18.4 Å². The topological polar surface area (TPSA) is 90.7 Å². The Morgan fingerprint density at radius 1 is 0.744 bits per heavy atom. The molecular formula is C31H28F2N2O4. The lowest BCUT2D eigenvalue weighted by Crippen LogP contribution is -2.46. The largest absolute Gasteiger partial charge is 0.485 e. The number of hydrogen-bond acceptors (Lipinski definition) is 4. The van der Waals surface area contributed by atoms with Crippen LogP contribution in [0.15, 0.2) is 97.1 Å². The summed E-state index contributed by atoms with van der Waals surface area (Å²) in [6.07, 6.45) is -0.290. The number of carbonyl (C=O) groups excluding carboxylic acids is 2. The van der Waals surface area contributed by atoms with Gasteiger partial charge < -0.3 is 20.5 Å². The molecule has 4 aromatic rings. The molecule has 0 bridgehead atoms. The number of amides is 2. The van der Waals surface area contributed by atoms with E-state index in [1.807, 2.05) is 60.7 Å². The average Bonchev–Trinajstić information content (AvgIpc) is 2.93. The van der Waals surface area contributed by atoms with Crippen molar-refractivity contribution in [1.29, 1.82) is 0 Å². The molecule has 0 heterocycles. The van der Waals surface area contributed by atoms with Gasteiger partial charge in [0, 0.05) is 12.5 Å². The van der Waals surface area contributed by atoms with Gasteiger partial charge in [-0.15, -0.1) is 0 Å². The van der Waals surface area contributed by atoms with Gasteiger partial charge in [0.25, 0.3) is 0 Å². The van der Waals surface area contributed by atoms with Crippen LogP contribution in [0.3, 0.4) is 0 Å². The first-order chi connectivity index (χ1) is 18.9. The van der Waals surface area contributed by atoms with Crippen molar-refractivity contribution in [1.82, 2.24) is 5.32 Å². The van der Waals surface area contributed by atoms with Gasteiger partial charge in [0.1, 0.15) is 30.9 Å². The highest BCUT2D eigenvalue weighted by Crippen LogP contribution is 2.30. The summed E-state index contributed by atoms with van der Waals surface area (Å²) in [5.74, 6) is -1.97. The number of hydrogen-bond donors (Lipinski definition) is 2. The molecule has 6 nitrogen and oxygen atoms in total. The summed E-state index contributed by atoms with van der Waals surface area (Å²) in [5, 5.41) is 2.55. The summed E-state index contributed by atoms with van der Waals surface area (Å²) in [5.41, 5.74) is 8.19. The van der Waals surface area contributed by atoms with Crippen molar-refractivity contribution >= 4 is 11.8 Å². The van der Waals surface area contributed by atoms with E-state index in [4.69, 9.17) is 15.2 Å². The lowest BCUT2D eigenvalue weighted by atomic mass is 10.0. The van der Waals surface area contributed by atoms with Crippen molar-refractivity contribution in [2.75, 3.05) is 0 Å². The Balaban J connectivity index is 1.48. The van der Waals surface area contributed by atoms with Crippen LogP contribution in [-0.4, -0.2) is 17.9 Å². The van der Waals surface area contributed by atoms with E-state index in [-0.39, 0.29) is 18.4 Å². The fraction of sp³-hybridized carbons (Fsp3) is 0.161. The fourth-order valence-corrected chi connectivity index (χ4v) is 3.92. The minimum absolute atomic E-state index is 0.00800. The molecule has 0 aliphatic heterocycles. The van der Waals surface area contributed by atoms with Crippen LogP contribution in [0.5, 0.6) is 11.5 Å². The second-order valence-electron chi connectivity index (χ2n) is 8.97. The van der Waals surface area contributed by atoms with Crippen molar-refractivity contribution < 1.29 is 27.8 Å². The number of primary amides is 1. The Labute approximate surface area is 225 Å². The first-order valence-corrected chi connectivity index (χ1v) is 12.4. The molecule has 3 N–H and O–H groups in total. The van der Waals surface area contributed by atoms with Crippen molar-refractivity contribution in [2.24, 2.45) is 5.73 Å². The quantitative estimate of drug-likeness (QED) is 0.273. The summed E-state index contributed by atoms with van der Waals surface area (Å²) in [6, 6.07) is 26.5. The Morgan fingerprint density at radius 3 is 1.95 bits per heavy atom. The highest BCUT2D eigenvalue weighted by Gasteiger charge is 2.21.